The number of carbonyl (C=O) groups is 1. The van der Waals surface area contributed by atoms with Crippen LogP contribution in [0.3, 0.4) is 0 Å². The lowest BCUT2D eigenvalue weighted by Crippen LogP contribution is -2.12. The van der Waals surface area contributed by atoms with Gasteiger partial charge < -0.3 is 5.32 Å². The van der Waals surface area contributed by atoms with Gasteiger partial charge in [0.2, 0.25) is 0 Å². The van der Waals surface area contributed by atoms with Crippen LogP contribution in [0.2, 0.25) is 0 Å². The smallest absolute Gasteiger partial charge is 0.255 e. The highest BCUT2D eigenvalue weighted by atomic mass is 16.1. The van der Waals surface area contributed by atoms with Crippen LogP contribution in [-0.2, 0) is 6.54 Å². The molecule has 0 aliphatic carbocycles. The molecule has 0 bridgehead atoms. The molecule has 7 nitrogen and oxygen atoms in total. The average Bonchev–Trinajstić information content (AvgIpc) is 3.11. The van der Waals surface area contributed by atoms with Crippen LogP contribution in [-0.4, -0.2) is 26.1 Å². The van der Waals surface area contributed by atoms with E-state index < -0.39 is 0 Å². The second-order valence-electron chi connectivity index (χ2n) is 5.04. The second kappa shape index (κ2) is 6.71. The van der Waals surface area contributed by atoms with Crippen molar-refractivity contribution in [3.63, 3.8) is 0 Å². The van der Waals surface area contributed by atoms with Crippen LogP contribution in [0, 0.1) is 11.3 Å². The Kier molecular flexibility index (Phi) is 4.29. The number of amides is 1. The monoisotopic (exact) mass is 318 g/mol. The summed E-state index contributed by atoms with van der Waals surface area (Å²) in [6.07, 6.45) is 0. The molecular weight excluding hydrogens is 304 g/mol. The van der Waals surface area contributed by atoms with Gasteiger partial charge >= 0.3 is 0 Å². The minimum absolute atomic E-state index is 0.239. The van der Waals surface area contributed by atoms with Crippen molar-refractivity contribution in [2.24, 2.45) is 0 Å². The minimum atomic E-state index is -0.239. The van der Waals surface area contributed by atoms with Crippen molar-refractivity contribution in [2.45, 2.75) is 13.5 Å². The van der Waals surface area contributed by atoms with E-state index in [4.69, 9.17) is 5.26 Å². The van der Waals surface area contributed by atoms with Crippen molar-refractivity contribution in [3.05, 3.63) is 59.7 Å². The molecule has 0 atom stereocenters. The standard InChI is InChI=1S/C17H14N6O/c1-2-23-16(20-21-22-23)13-4-3-5-14(10-13)17(24)19-15-8-6-12(11-18)7-9-15/h3-10H,2H2,1H3,(H,19,24). The Morgan fingerprint density at radius 3 is 2.75 bits per heavy atom. The van der Waals surface area contributed by atoms with E-state index in [0.717, 1.165) is 5.56 Å². The van der Waals surface area contributed by atoms with Gasteiger partial charge in [-0.05, 0) is 53.7 Å². The molecule has 1 aromatic heterocycles. The Balaban J connectivity index is 1.83. The van der Waals surface area contributed by atoms with Gasteiger partial charge in [0.05, 0.1) is 11.6 Å². The number of anilines is 1. The van der Waals surface area contributed by atoms with Crippen LogP contribution in [0.4, 0.5) is 5.69 Å². The van der Waals surface area contributed by atoms with Crippen LogP contribution in [0.5, 0.6) is 0 Å². The van der Waals surface area contributed by atoms with Crippen LogP contribution in [0.1, 0.15) is 22.8 Å². The predicted molar refractivity (Wildman–Crippen MR) is 88.0 cm³/mol. The molecule has 3 rings (SSSR count). The number of tetrazole rings is 1. The van der Waals surface area contributed by atoms with E-state index in [-0.39, 0.29) is 5.91 Å². The minimum Gasteiger partial charge on any atom is -0.322 e. The number of hydrogen-bond acceptors (Lipinski definition) is 5. The van der Waals surface area contributed by atoms with Crippen molar-refractivity contribution in [1.29, 1.82) is 5.26 Å². The van der Waals surface area contributed by atoms with Crippen LogP contribution < -0.4 is 5.32 Å². The molecule has 0 fully saturated rings. The van der Waals surface area contributed by atoms with Crippen molar-refractivity contribution < 1.29 is 4.79 Å². The number of nitrogens with zero attached hydrogens (tertiary/aromatic N) is 5. The second-order valence-corrected chi connectivity index (χ2v) is 5.04. The summed E-state index contributed by atoms with van der Waals surface area (Å²) in [6.45, 7) is 2.59. The predicted octanol–water partition coefficient (Wildman–Crippen LogP) is 2.48. The number of benzene rings is 2. The van der Waals surface area contributed by atoms with Gasteiger partial charge in [-0.3, -0.25) is 4.79 Å². The number of nitrogens with one attached hydrogen (secondary N) is 1. The molecule has 3 aromatic rings. The maximum Gasteiger partial charge on any atom is 0.255 e. The Morgan fingerprint density at radius 2 is 2.04 bits per heavy atom. The van der Waals surface area contributed by atoms with Crippen molar-refractivity contribution in [3.8, 4) is 17.5 Å². The van der Waals surface area contributed by atoms with Gasteiger partial charge in [0, 0.05) is 23.4 Å². The number of carbonyl (C=O) groups excluding carboxylic acids is 1. The summed E-state index contributed by atoms with van der Waals surface area (Å²) >= 11 is 0. The molecule has 1 amide bonds. The summed E-state index contributed by atoms with van der Waals surface area (Å²) in [7, 11) is 0. The fraction of sp³-hybridized carbons (Fsp3) is 0.118. The lowest BCUT2D eigenvalue weighted by molar-refractivity contribution is 0.102. The fourth-order valence-electron chi connectivity index (χ4n) is 2.26. The van der Waals surface area contributed by atoms with E-state index in [0.29, 0.717) is 29.2 Å². The normalized spacial score (nSPS) is 10.2. The topological polar surface area (TPSA) is 96.5 Å². The van der Waals surface area contributed by atoms with Crippen molar-refractivity contribution in [1.82, 2.24) is 20.2 Å². The van der Waals surface area contributed by atoms with Crippen molar-refractivity contribution in [2.75, 3.05) is 5.32 Å². The third-order valence-electron chi connectivity index (χ3n) is 3.49. The number of nitriles is 1. The van der Waals surface area contributed by atoms with Gasteiger partial charge in [-0.2, -0.15) is 5.26 Å². The van der Waals surface area contributed by atoms with E-state index in [1.54, 1.807) is 47.1 Å². The number of aryl methyl sites for hydroxylation is 1. The Hall–Kier alpha value is -3.53. The molecule has 118 valence electrons. The molecule has 24 heavy (non-hydrogen) atoms. The molecule has 0 aliphatic heterocycles. The van der Waals surface area contributed by atoms with E-state index in [9.17, 15) is 4.79 Å². The average molecular weight is 318 g/mol. The molecule has 1 heterocycles. The van der Waals surface area contributed by atoms with Crippen LogP contribution in [0.15, 0.2) is 48.5 Å². The molecule has 7 heteroatoms. The third kappa shape index (κ3) is 3.13. The summed E-state index contributed by atoms with van der Waals surface area (Å²) < 4.78 is 1.66. The first-order chi connectivity index (χ1) is 11.7. The van der Waals surface area contributed by atoms with Gasteiger partial charge in [-0.1, -0.05) is 12.1 Å². The summed E-state index contributed by atoms with van der Waals surface area (Å²) in [5, 5.41) is 23.2. The summed E-state index contributed by atoms with van der Waals surface area (Å²) in [5.74, 6) is 0.377. The lowest BCUT2D eigenvalue weighted by atomic mass is 10.1. The largest absolute Gasteiger partial charge is 0.322 e. The third-order valence-corrected chi connectivity index (χ3v) is 3.49. The summed E-state index contributed by atoms with van der Waals surface area (Å²) in [4.78, 5) is 12.4. The first kappa shape index (κ1) is 15.4. The molecule has 0 unspecified atom stereocenters. The molecule has 2 aromatic carbocycles. The SMILES string of the molecule is CCn1nnnc1-c1cccc(C(=O)Nc2ccc(C#N)cc2)c1. The zero-order valence-electron chi connectivity index (χ0n) is 13.0. The zero-order valence-corrected chi connectivity index (χ0v) is 13.0. The van der Waals surface area contributed by atoms with E-state index >= 15 is 0 Å². The van der Waals surface area contributed by atoms with Gasteiger partial charge in [0.1, 0.15) is 0 Å². The highest BCUT2D eigenvalue weighted by Crippen LogP contribution is 2.18. The Morgan fingerprint density at radius 1 is 1.25 bits per heavy atom. The summed E-state index contributed by atoms with van der Waals surface area (Å²) in [6, 6.07) is 15.9. The fourth-order valence-corrected chi connectivity index (χ4v) is 2.26. The maximum atomic E-state index is 12.4. The molecule has 0 saturated carbocycles. The highest BCUT2D eigenvalue weighted by Gasteiger charge is 2.11. The highest BCUT2D eigenvalue weighted by molar-refractivity contribution is 6.04. The first-order valence-electron chi connectivity index (χ1n) is 7.39. The molecule has 0 saturated heterocycles. The number of rotatable bonds is 4. The Labute approximate surface area is 138 Å². The van der Waals surface area contributed by atoms with Crippen LogP contribution >= 0.6 is 0 Å². The van der Waals surface area contributed by atoms with Gasteiger partial charge in [-0.25, -0.2) is 4.68 Å². The molecule has 0 aliphatic rings. The quantitative estimate of drug-likeness (QED) is 0.797. The first-order valence-corrected chi connectivity index (χ1v) is 7.39. The number of aromatic nitrogens is 4. The van der Waals surface area contributed by atoms with E-state index in [1.165, 1.54) is 0 Å². The zero-order chi connectivity index (χ0) is 16.9. The lowest BCUT2D eigenvalue weighted by Gasteiger charge is -2.07. The van der Waals surface area contributed by atoms with Gasteiger partial charge in [-0.15, -0.1) is 5.10 Å². The summed E-state index contributed by atoms with van der Waals surface area (Å²) in [5.41, 5.74) is 2.45. The van der Waals surface area contributed by atoms with E-state index in [1.807, 2.05) is 19.1 Å². The van der Waals surface area contributed by atoms with Gasteiger partial charge in [0.15, 0.2) is 5.82 Å². The van der Waals surface area contributed by atoms with Crippen molar-refractivity contribution >= 4 is 11.6 Å². The number of hydrogen-bond donors (Lipinski definition) is 1. The molecule has 0 radical (unpaired) electrons. The molecule has 1 N–H and O–H groups in total. The van der Waals surface area contributed by atoms with Gasteiger partial charge in [0.25, 0.3) is 5.91 Å². The van der Waals surface area contributed by atoms with Crippen LogP contribution in [0.25, 0.3) is 11.4 Å². The Bertz CT molecular complexity index is 907. The molecule has 0 spiro atoms. The molecular formula is C17H14N6O. The maximum absolute atomic E-state index is 12.4. The van der Waals surface area contributed by atoms with E-state index in [2.05, 4.69) is 20.8 Å².